The van der Waals surface area contributed by atoms with Crippen molar-refractivity contribution in [2.75, 3.05) is 6.61 Å². The molecule has 0 bridgehead atoms. The van der Waals surface area contributed by atoms with E-state index >= 15 is 0 Å². The number of carbonyl (C=O) groups excluding carboxylic acids is 1. The highest BCUT2D eigenvalue weighted by Gasteiger charge is 2.12. The van der Waals surface area contributed by atoms with Crippen LogP contribution in [0.3, 0.4) is 0 Å². The number of rotatable bonds is 5. The van der Waals surface area contributed by atoms with E-state index in [-0.39, 0.29) is 18.6 Å². The normalized spacial score (nSPS) is 11.9. The molecule has 3 nitrogen and oxygen atoms in total. The van der Waals surface area contributed by atoms with Crippen LogP contribution in [0.2, 0.25) is 0 Å². The third-order valence-electron chi connectivity index (χ3n) is 3.97. The molecule has 0 aliphatic carbocycles. The second-order valence-corrected chi connectivity index (χ2v) is 6.21. The molecule has 2 aromatic carbocycles. The zero-order valence-electron chi connectivity index (χ0n) is 14.6. The second kappa shape index (κ2) is 7.32. The van der Waals surface area contributed by atoms with E-state index in [4.69, 9.17) is 4.74 Å². The van der Waals surface area contributed by atoms with Crippen LogP contribution in [0.25, 0.3) is 0 Å². The highest BCUT2D eigenvalue weighted by Crippen LogP contribution is 2.20. The van der Waals surface area contributed by atoms with Gasteiger partial charge < -0.3 is 10.1 Å². The van der Waals surface area contributed by atoms with Gasteiger partial charge in [0.05, 0.1) is 6.04 Å². The Morgan fingerprint density at radius 3 is 2.35 bits per heavy atom. The number of benzene rings is 2. The van der Waals surface area contributed by atoms with Crippen LogP contribution in [0.5, 0.6) is 5.75 Å². The van der Waals surface area contributed by atoms with Gasteiger partial charge in [-0.2, -0.15) is 0 Å². The quantitative estimate of drug-likeness (QED) is 0.899. The number of ether oxygens (including phenoxy) is 1. The Morgan fingerprint density at radius 1 is 1.00 bits per heavy atom. The highest BCUT2D eigenvalue weighted by atomic mass is 16.5. The van der Waals surface area contributed by atoms with Gasteiger partial charge in [-0.25, -0.2) is 0 Å². The first-order chi connectivity index (χ1) is 10.9. The number of aryl methyl sites for hydroxylation is 4. The van der Waals surface area contributed by atoms with Crippen LogP contribution < -0.4 is 10.1 Å². The Kier molecular flexibility index (Phi) is 5.43. The van der Waals surface area contributed by atoms with Gasteiger partial charge in [0.1, 0.15) is 5.75 Å². The summed E-state index contributed by atoms with van der Waals surface area (Å²) in [4.78, 5) is 12.1. The molecule has 0 aliphatic heterocycles. The molecule has 2 rings (SSSR count). The number of amides is 1. The van der Waals surface area contributed by atoms with Crippen LogP contribution in [0, 0.1) is 27.7 Å². The summed E-state index contributed by atoms with van der Waals surface area (Å²) in [5, 5.41) is 3.00. The van der Waals surface area contributed by atoms with Crippen LogP contribution in [0.15, 0.2) is 36.4 Å². The molecule has 0 aliphatic rings. The van der Waals surface area contributed by atoms with E-state index in [1.54, 1.807) is 0 Å². The topological polar surface area (TPSA) is 38.3 Å². The molecule has 1 amide bonds. The van der Waals surface area contributed by atoms with Crippen LogP contribution in [0.1, 0.15) is 40.8 Å². The lowest BCUT2D eigenvalue weighted by molar-refractivity contribution is -0.123. The number of hydrogen-bond acceptors (Lipinski definition) is 2. The van der Waals surface area contributed by atoms with Crippen molar-refractivity contribution < 1.29 is 9.53 Å². The third-order valence-corrected chi connectivity index (χ3v) is 3.97. The standard InChI is InChI=1S/C20H25NO2/c1-13-7-9-18(16(4)10-13)17(5)21-20(22)12-23-19-11-14(2)6-8-15(19)3/h6-11,17H,12H2,1-5H3,(H,21,22). The van der Waals surface area contributed by atoms with Gasteiger partial charge in [-0.15, -0.1) is 0 Å². The number of nitrogens with one attached hydrogen (secondary N) is 1. The largest absolute Gasteiger partial charge is 0.483 e. The van der Waals surface area contributed by atoms with Crippen molar-refractivity contribution in [2.45, 2.75) is 40.7 Å². The highest BCUT2D eigenvalue weighted by molar-refractivity contribution is 5.78. The van der Waals surface area contributed by atoms with Crippen molar-refractivity contribution in [1.29, 1.82) is 0 Å². The van der Waals surface area contributed by atoms with E-state index in [0.29, 0.717) is 0 Å². The molecule has 2 aromatic rings. The first-order valence-electron chi connectivity index (χ1n) is 7.93. The molecule has 0 heterocycles. The van der Waals surface area contributed by atoms with Crippen molar-refractivity contribution in [3.63, 3.8) is 0 Å². The van der Waals surface area contributed by atoms with E-state index in [1.807, 2.05) is 39.0 Å². The van der Waals surface area contributed by atoms with Gasteiger partial charge in [-0.05, 0) is 62.9 Å². The Hall–Kier alpha value is -2.29. The van der Waals surface area contributed by atoms with Crippen LogP contribution in [0.4, 0.5) is 0 Å². The van der Waals surface area contributed by atoms with Crippen molar-refractivity contribution in [3.05, 3.63) is 64.2 Å². The average Bonchev–Trinajstić information content (AvgIpc) is 2.48. The zero-order valence-corrected chi connectivity index (χ0v) is 14.6. The van der Waals surface area contributed by atoms with Gasteiger partial charge in [0.15, 0.2) is 6.61 Å². The van der Waals surface area contributed by atoms with Crippen molar-refractivity contribution >= 4 is 5.91 Å². The molecular weight excluding hydrogens is 286 g/mol. The minimum absolute atomic E-state index is 0.0273. The summed E-state index contributed by atoms with van der Waals surface area (Å²) < 4.78 is 5.65. The van der Waals surface area contributed by atoms with Crippen molar-refractivity contribution in [2.24, 2.45) is 0 Å². The minimum Gasteiger partial charge on any atom is -0.483 e. The summed E-state index contributed by atoms with van der Waals surface area (Å²) >= 11 is 0. The van der Waals surface area contributed by atoms with Crippen LogP contribution in [-0.4, -0.2) is 12.5 Å². The summed E-state index contributed by atoms with van der Waals surface area (Å²) in [6.45, 7) is 10.1. The molecule has 0 fully saturated rings. The maximum atomic E-state index is 12.1. The summed E-state index contributed by atoms with van der Waals surface area (Å²) in [7, 11) is 0. The number of hydrogen-bond donors (Lipinski definition) is 1. The molecule has 0 radical (unpaired) electrons. The predicted octanol–water partition coefficient (Wildman–Crippen LogP) is 4.18. The molecule has 0 aromatic heterocycles. The SMILES string of the molecule is Cc1ccc(C(C)NC(=O)COc2cc(C)ccc2C)c(C)c1. The van der Waals surface area contributed by atoms with Gasteiger partial charge >= 0.3 is 0 Å². The Bertz CT molecular complexity index is 707. The maximum absolute atomic E-state index is 12.1. The van der Waals surface area contributed by atoms with Gasteiger partial charge in [-0.1, -0.05) is 35.9 Å². The van der Waals surface area contributed by atoms with E-state index in [1.165, 1.54) is 11.1 Å². The average molecular weight is 311 g/mol. The first kappa shape index (κ1) is 17.1. The molecular formula is C20H25NO2. The van der Waals surface area contributed by atoms with Gasteiger partial charge in [0.2, 0.25) is 0 Å². The Labute approximate surface area is 138 Å². The van der Waals surface area contributed by atoms with E-state index < -0.39 is 0 Å². The molecule has 122 valence electrons. The van der Waals surface area contributed by atoms with Crippen LogP contribution in [-0.2, 0) is 4.79 Å². The Balaban J connectivity index is 1.95. The minimum atomic E-state index is -0.113. The molecule has 0 spiro atoms. The molecule has 1 N–H and O–H groups in total. The lowest BCUT2D eigenvalue weighted by Crippen LogP contribution is -2.31. The fourth-order valence-corrected chi connectivity index (χ4v) is 2.68. The van der Waals surface area contributed by atoms with E-state index in [9.17, 15) is 4.79 Å². The van der Waals surface area contributed by atoms with Crippen molar-refractivity contribution in [3.8, 4) is 5.75 Å². The Morgan fingerprint density at radius 2 is 1.65 bits per heavy atom. The fourth-order valence-electron chi connectivity index (χ4n) is 2.68. The zero-order chi connectivity index (χ0) is 17.0. The van der Waals surface area contributed by atoms with Crippen molar-refractivity contribution in [1.82, 2.24) is 5.32 Å². The fraction of sp³-hybridized carbons (Fsp3) is 0.350. The first-order valence-corrected chi connectivity index (χ1v) is 7.93. The lowest BCUT2D eigenvalue weighted by Gasteiger charge is -2.17. The maximum Gasteiger partial charge on any atom is 0.258 e. The lowest BCUT2D eigenvalue weighted by atomic mass is 10.0. The molecule has 1 atom stereocenters. The summed E-state index contributed by atoms with van der Waals surface area (Å²) in [6.07, 6.45) is 0. The second-order valence-electron chi connectivity index (χ2n) is 6.21. The number of carbonyl (C=O) groups is 1. The third kappa shape index (κ3) is 4.59. The molecule has 0 saturated heterocycles. The van der Waals surface area contributed by atoms with E-state index in [0.717, 1.165) is 22.4 Å². The molecule has 3 heteroatoms. The van der Waals surface area contributed by atoms with Gasteiger partial charge in [-0.3, -0.25) is 4.79 Å². The predicted molar refractivity (Wildman–Crippen MR) is 93.9 cm³/mol. The summed E-state index contributed by atoms with van der Waals surface area (Å²) in [6, 6.07) is 12.2. The molecule has 1 unspecified atom stereocenters. The summed E-state index contributed by atoms with van der Waals surface area (Å²) in [5.41, 5.74) is 5.70. The molecule has 0 saturated carbocycles. The smallest absolute Gasteiger partial charge is 0.258 e. The monoisotopic (exact) mass is 311 g/mol. The molecule has 23 heavy (non-hydrogen) atoms. The van der Waals surface area contributed by atoms with E-state index in [2.05, 4.69) is 37.4 Å². The summed E-state index contributed by atoms with van der Waals surface area (Å²) in [5.74, 6) is 0.651. The van der Waals surface area contributed by atoms with Crippen LogP contribution >= 0.6 is 0 Å². The van der Waals surface area contributed by atoms with Gasteiger partial charge in [0, 0.05) is 0 Å². The van der Waals surface area contributed by atoms with Gasteiger partial charge in [0.25, 0.3) is 5.91 Å².